The molecule has 1 unspecified atom stereocenters. The number of phosphoric ester groups is 1. The molecule has 0 aromatic carbocycles. The fourth-order valence-electron chi connectivity index (χ4n) is 6.58. The summed E-state index contributed by atoms with van der Waals surface area (Å²) in [5.41, 5.74) is 5.33. The first-order valence-electron chi connectivity index (χ1n) is 23.2. The van der Waals surface area contributed by atoms with E-state index < -0.39 is 51.1 Å². The summed E-state index contributed by atoms with van der Waals surface area (Å²) in [4.78, 5) is 45.9. The maximum atomic E-state index is 12.6. The first kappa shape index (κ1) is 55.2. The lowest BCUT2D eigenvalue weighted by Crippen LogP contribution is -2.34. The minimum Gasteiger partial charge on any atom is -0.480 e. The molecule has 4 N–H and O–H groups in total. The number of hydrogen-bond donors (Lipinski definition) is 3. The van der Waals surface area contributed by atoms with Crippen LogP contribution in [-0.4, -0.2) is 59.9 Å². The average Bonchev–Trinajstić information content (AvgIpc) is 3.19. The van der Waals surface area contributed by atoms with Crippen LogP contribution in [0.4, 0.5) is 0 Å². The maximum absolute atomic E-state index is 12.6. The van der Waals surface area contributed by atoms with Crippen molar-refractivity contribution in [3.63, 3.8) is 0 Å². The molecule has 0 aromatic rings. The van der Waals surface area contributed by atoms with Gasteiger partial charge in [0.05, 0.1) is 13.2 Å². The largest absolute Gasteiger partial charge is 0.480 e. The first-order chi connectivity index (χ1) is 27.6. The Morgan fingerprint density at radius 2 is 0.895 bits per heavy atom. The summed E-state index contributed by atoms with van der Waals surface area (Å²) < 4.78 is 32.7. The number of ether oxygens (including phenoxy) is 2. The van der Waals surface area contributed by atoms with Crippen LogP contribution in [0, 0.1) is 0 Å². The summed E-state index contributed by atoms with van der Waals surface area (Å²) >= 11 is 0. The predicted octanol–water partition coefficient (Wildman–Crippen LogP) is 12.5. The number of allylic oxidation sites excluding steroid dienone is 2. The third kappa shape index (κ3) is 40.8. The van der Waals surface area contributed by atoms with Crippen molar-refractivity contribution in [1.29, 1.82) is 0 Å². The summed E-state index contributed by atoms with van der Waals surface area (Å²) in [6.07, 6.45) is 41.5. The Kier molecular flexibility index (Phi) is 39.7. The fourth-order valence-corrected chi connectivity index (χ4v) is 7.36. The smallest absolute Gasteiger partial charge is 0.472 e. The first-order valence-corrected chi connectivity index (χ1v) is 24.7. The van der Waals surface area contributed by atoms with Gasteiger partial charge in [-0.15, -0.1) is 0 Å². The van der Waals surface area contributed by atoms with E-state index in [1.165, 1.54) is 128 Å². The van der Waals surface area contributed by atoms with Crippen LogP contribution in [0.2, 0.25) is 0 Å². The number of esters is 2. The number of carbonyl (C=O) groups excluding carboxylic acids is 2. The van der Waals surface area contributed by atoms with Gasteiger partial charge < -0.3 is 25.2 Å². The second-order valence-corrected chi connectivity index (χ2v) is 17.3. The predicted molar refractivity (Wildman–Crippen MR) is 231 cm³/mol. The van der Waals surface area contributed by atoms with Gasteiger partial charge in [0.1, 0.15) is 12.6 Å². The molecule has 0 saturated heterocycles. The maximum Gasteiger partial charge on any atom is 0.472 e. The fraction of sp³-hybridized carbons (Fsp3) is 0.889. The zero-order chi connectivity index (χ0) is 42.1. The van der Waals surface area contributed by atoms with Gasteiger partial charge in [-0.25, -0.2) is 4.57 Å². The van der Waals surface area contributed by atoms with E-state index in [0.29, 0.717) is 12.8 Å². The molecule has 0 aliphatic heterocycles. The number of phosphoric acid groups is 1. The van der Waals surface area contributed by atoms with Crippen LogP contribution in [-0.2, 0) is 37.5 Å². The van der Waals surface area contributed by atoms with E-state index in [9.17, 15) is 23.8 Å². The summed E-state index contributed by atoms with van der Waals surface area (Å²) in [6, 6.07) is -1.52. The number of nitrogens with two attached hydrogens (primary N) is 1. The van der Waals surface area contributed by atoms with Gasteiger partial charge in [0, 0.05) is 12.8 Å². The summed E-state index contributed by atoms with van der Waals surface area (Å²) in [6.45, 7) is 2.78. The molecule has 0 spiro atoms. The SMILES string of the molecule is CCCC/C=C/CCCCCCCC(=O)O[C@@H](COC(=O)CCCCCCCCCCCCCCCCCCCCCCCC)COP(=O)(O)OC[C@@H](N)C(=O)O. The molecule has 336 valence electrons. The van der Waals surface area contributed by atoms with Crippen LogP contribution in [0.3, 0.4) is 0 Å². The van der Waals surface area contributed by atoms with Gasteiger partial charge in [0.15, 0.2) is 6.10 Å². The van der Waals surface area contributed by atoms with Crippen molar-refractivity contribution in [1.82, 2.24) is 0 Å². The molecule has 0 rings (SSSR count). The van der Waals surface area contributed by atoms with Crippen LogP contribution in [0.15, 0.2) is 12.2 Å². The molecule has 0 aliphatic carbocycles. The Balaban J connectivity index is 4.17. The van der Waals surface area contributed by atoms with E-state index in [2.05, 4.69) is 30.5 Å². The third-order valence-electron chi connectivity index (χ3n) is 10.3. The van der Waals surface area contributed by atoms with Gasteiger partial charge in [-0.3, -0.25) is 23.4 Å². The Hall–Kier alpha value is -1.78. The van der Waals surface area contributed by atoms with Crippen molar-refractivity contribution < 1.29 is 47.5 Å². The van der Waals surface area contributed by atoms with E-state index in [4.69, 9.17) is 24.8 Å². The molecule has 12 heteroatoms. The molecule has 0 bridgehead atoms. The number of aliphatic carboxylic acids is 1. The van der Waals surface area contributed by atoms with Crippen molar-refractivity contribution >= 4 is 25.7 Å². The average molecular weight is 832 g/mol. The molecule has 0 heterocycles. The van der Waals surface area contributed by atoms with E-state index >= 15 is 0 Å². The lowest BCUT2D eigenvalue weighted by atomic mass is 10.0. The monoisotopic (exact) mass is 832 g/mol. The van der Waals surface area contributed by atoms with Gasteiger partial charge in [-0.1, -0.05) is 193 Å². The second-order valence-electron chi connectivity index (χ2n) is 15.9. The number of carboxylic acid groups (broad SMARTS) is 1. The molecule has 11 nitrogen and oxygen atoms in total. The molecular formula is C45H86NO10P. The number of carbonyl (C=O) groups is 3. The van der Waals surface area contributed by atoms with Crippen LogP contribution < -0.4 is 5.73 Å². The highest BCUT2D eigenvalue weighted by atomic mass is 31.2. The lowest BCUT2D eigenvalue weighted by molar-refractivity contribution is -0.161. The third-order valence-corrected chi connectivity index (χ3v) is 11.2. The van der Waals surface area contributed by atoms with E-state index in [-0.39, 0.29) is 19.4 Å². The van der Waals surface area contributed by atoms with Crippen molar-refractivity contribution in [2.75, 3.05) is 19.8 Å². The number of hydrogen-bond acceptors (Lipinski definition) is 9. The van der Waals surface area contributed by atoms with Gasteiger partial charge in [-0.05, 0) is 32.1 Å². The lowest BCUT2D eigenvalue weighted by Gasteiger charge is -2.20. The molecule has 0 aliphatic rings. The van der Waals surface area contributed by atoms with Gasteiger partial charge >= 0.3 is 25.7 Å². The highest BCUT2D eigenvalue weighted by Crippen LogP contribution is 2.43. The highest BCUT2D eigenvalue weighted by Gasteiger charge is 2.28. The van der Waals surface area contributed by atoms with Crippen molar-refractivity contribution in [3.05, 3.63) is 12.2 Å². The van der Waals surface area contributed by atoms with Crippen LogP contribution in [0.5, 0.6) is 0 Å². The Labute approximate surface area is 348 Å². The van der Waals surface area contributed by atoms with Crippen LogP contribution >= 0.6 is 7.82 Å². The van der Waals surface area contributed by atoms with Crippen molar-refractivity contribution in [3.8, 4) is 0 Å². The molecular weight excluding hydrogens is 745 g/mol. The quantitative estimate of drug-likeness (QED) is 0.0231. The van der Waals surface area contributed by atoms with E-state index in [1.54, 1.807) is 0 Å². The highest BCUT2D eigenvalue weighted by molar-refractivity contribution is 7.47. The Morgan fingerprint density at radius 3 is 1.33 bits per heavy atom. The second kappa shape index (κ2) is 41.0. The minimum atomic E-state index is -4.71. The molecule has 57 heavy (non-hydrogen) atoms. The number of carboxylic acids is 1. The van der Waals surface area contributed by atoms with Gasteiger partial charge in [-0.2, -0.15) is 0 Å². The van der Waals surface area contributed by atoms with Crippen LogP contribution in [0.1, 0.15) is 226 Å². The number of unbranched alkanes of at least 4 members (excludes halogenated alkanes) is 28. The normalized spacial score (nSPS) is 13.8. The number of rotatable bonds is 44. The van der Waals surface area contributed by atoms with Crippen LogP contribution in [0.25, 0.3) is 0 Å². The van der Waals surface area contributed by atoms with E-state index in [1.807, 2.05) is 0 Å². The molecule has 0 amide bonds. The standard InChI is InChI=1S/C45H86NO10P/c1-3-5-7-9-11-13-15-16-17-18-19-20-21-22-23-24-25-27-28-30-32-34-36-43(47)53-38-41(39-54-57(51,52)55-40-42(46)45(49)50)56-44(48)37-35-33-31-29-26-14-12-10-8-6-4-2/h10,12,41-42H,3-9,11,13-40,46H2,1-2H3,(H,49,50)(H,51,52)/b12-10+/t41-,42+/m0/s1. The summed E-state index contributed by atoms with van der Waals surface area (Å²) in [7, 11) is -4.71. The molecule has 0 aromatic heterocycles. The topological polar surface area (TPSA) is 172 Å². The molecule has 3 atom stereocenters. The zero-order valence-electron chi connectivity index (χ0n) is 36.5. The Morgan fingerprint density at radius 1 is 0.526 bits per heavy atom. The molecule has 0 radical (unpaired) electrons. The van der Waals surface area contributed by atoms with Gasteiger partial charge in [0.25, 0.3) is 0 Å². The molecule has 0 fully saturated rings. The van der Waals surface area contributed by atoms with Crippen molar-refractivity contribution in [2.45, 2.75) is 238 Å². The minimum absolute atomic E-state index is 0.154. The van der Waals surface area contributed by atoms with Crippen molar-refractivity contribution in [2.24, 2.45) is 5.73 Å². The summed E-state index contributed by atoms with van der Waals surface area (Å²) in [5.74, 6) is -2.38. The zero-order valence-corrected chi connectivity index (χ0v) is 37.3. The Bertz CT molecular complexity index is 1030. The molecule has 0 saturated carbocycles. The van der Waals surface area contributed by atoms with E-state index in [0.717, 1.165) is 57.8 Å². The van der Waals surface area contributed by atoms with Gasteiger partial charge in [0.2, 0.25) is 0 Å². The summed E-state index contributed by atoms with van der Waals surface area (Å²) in [5, 5.41) is 8.88.